The maximum absolute atomic E-state index is 14.1. The van der Waals surface area contributed by atoms with Crippen LogP contribution in [0, 0.1) is 5.82 Å². The molecule has 1 N–H and O–H groups in total. The van der Waals surface area contributed by atoms with E-state index >= 15 is 0 Å². The van der Waals surface area contributed by atoms with Crippen molar-refractivity contribution in [3.63, 3.8) is 0 Å². The molecule has 1 aromatic heterocycles. The van der Waals surface area contributed by atoms with E-state index in [1.807, 2.05) is 0 Å². The summed E-state index contributed by atoms with van der Waals surface area (Å²) in [5, 5.41) is 7.14. The number of alkyl halides is 1. The maximum Gasteiger partial charge on any atom is 0.322 e. The summed E-state index contributed by atoms with van der Waals surface area (Å²) in [6.07, 6.45) is -0.711. The van der Waals surface area contributed by atoms with Gasteiger partial charge in [-0.05, 0) is 34.1 Å². The van der Waals surface area contributed by atoms with Gasteiger partial charge >= 0.3 is 6.03 Å². The molecule has 1 unspecified atom stereocenters. The molecule has 4 rings (SSSR count). The Hall–Kier alpha value is -2.49. The highest BCUT2D eigenvalue weighted by Crippen LogP contribution is 2.27. The molecule has 0 fully saturated rings. The summed E-state index contributed by atoms with van der Waals surface area (Å²) in [6.45, 7) is 0.658. The number of halogens is 3. The number of amides is 3. The SMILES string of the molecule is CN1CC(F)Cn2nc3c(c2C1=O)CN(C(=O)Nc1ccc(F)c(Br)c1)CC3. The smallest absolute Gasteiger partial charge is 0.322 e. The van der Waals surface area contributed by atoms with Crippen LogP contribution in [-0.4, -0.2) is 57.8 Å². The van der Waals surface area contributed by atoms with Gasteiger partial charge in [-0.15, -0.1) is 0 Å². The van der Waals surface area contributed by atoms with Crippen LogP contribution in [0.1, 0.15) is 21.7 Å². The van der Waals surface area contributed by atoms with Gasteiger partial charge in [0.2, 0.25) is 0 Å². The molecule has 3 heterocycles. The van der Waals surface area contributed by atoms with Crippen LogP contribution in [0.5, 0.6) is 0 Å². The summed E-state index contributed by atoms with van der Waals surface area (Å²) in [4.78, 5) is 28.3. The zero-order chi connectivity index (χ0) is 20.0. The highest BCUT2D eigenvalue weighted by Gasteiger charge is 2.34. The summed E-state index contributed by atoms with van der Waals surface area (Å²) in [5.41, 5.74) is 2.18. The van der Waals surface area contributed by atoms with Gasteiger partial charge in [0, 0.05) is 31.3 Å². The number of fused-ring (bicyclic) bond motifs is 3. The number of hydrogen-bond acceptors (Lipinski definition) is 3. The lowest BCUT2D eigenvalue weighted by molar-refractivity contribution is 0.0767. The van der Waals surface area contributed by atoms with E-state index in [9.17, 15) is 18.4 Å². The number of aromatic nitrogens is 2. The Morgan fingerprint density at radius 2 is 2.14 bits per heavy atom. The van der Waals surface area contributed by atoms with Crippen molar-refractivity contribution in [2.45, 2.75) is 25.7 Å². The van der Waals surface area contributed by atoms with E-state index < -0.39 is 12.0 Å². The first-order valence-corrected chi connectivity index (χ1v) is 9.62. The summed E-state index contributed by atoms with van der Waals surface area (Å²) in [6, 6.07) is 3.85. The van der Waals surface area contributed by atoms with Crippen LogP contribution in [-0.2, 0) is 19.5 Å². The Balaban J connectivity index is 1.57. The fraction of sp³-hybridized carbons (Fsp3) is 0.389. The van der Waals surface area contributed by atoms with E-state index in [1.54, 1.807) is 11.9 Å². The highest BCUT2D eigenvalue weighted by atomic mass is 79.9. The van der Waals surface area contributed by atoms with Gasteiger partial charge in [0.1, 0.15) is 17.7 Å². The average molecular weight is 454 g/mol. The Morgan fingerprint density at radius 3 is 2.89 bits per heavy atom. The zero-order valence-electron chi connectivity index (χ0n) is 15.1. The lowest BCUT2D eigenvalue weighted by atomic mass is 10.0. The second-order valence-electron chi connectivity index (χ2n) is 6.97. The van der Waals surface area contributed by atoms with Crippen LogP contribution in [0.3, 0.4) is 0 Å². The van der Waals surface area contributed by atoms with E-state index in [2.05, 4.69) is 26.3 Å². The highest BCUT2D eigenvalue weighted by molar-refractivity contribution is 9.10. The molecule has 0 radical (unpaired) electrons. The fourth-order valence-electron chi connectivity index (χ4n) is 3.55. The summed E-state index contributed by atoms with van der Waals surface area (Å²) in [7, 11) is 1.56. The Labute approximate surface area is 168 Å². The molecule has 148 valence electrons. The molecule has 0 bridgehead atoms. The quantitative estimate of drug-likeness (QED) is 0.721. The third-order valence-corrected chi connectivity index (χ3v) is 5.56. The zero-order valence-corrected chi connectivity index (χ0v) is 16.7. The molecule has 10 heteroatoms. The first kappa shape index (κ1) is 18.9. The van der Waals surface area contributed by atoms with Crippen molar-refractivity contribution < 1.29 is 18.4 Å². The number of nitrogens with zero attached hydrogens (tertiary/aromatic N) is 4. The molecule has 28 heavy (non-hydrogen) atoms. The first-order valence-electron chi connectivity index (χ1n) is 8.82. The molecular weight excluding hydrogens is 436 g/mol. The van der Waals surface area contributed by atoms with Crippen LogP contribution < -0.4 is 5.32 Å². The molecular formula is C18H18BrF2N5O2. The van der Waals surface area contributed by atoms with E-state index in [0.29, 0.717) is 29.9 Å². The first-order chi connectivity index (χ1) is 13.3. The molecule has 0 aliphatic carbocycles. The number of urea groups is 1. The Morgan fingerprint density at radius 1 is 1.36 bits per heavy atom. The fourth-order valence-corrected chi connectivity index (χ4v) is 3.93. The van der Waals surface area contributed by atoms with Crippen molar-refractivity contribution in [3.8, 4) is 0 Å². The number of carbonyl (C=O) groups excluding carboxylic acids is 2. The minimum absolute atomic E-state index is 0.0145. The largest absolute Gasteiger partial charge is 0.337 e. The molecule has 2 aliphatic rings. The number of benzene rings is 1. The summed E-state index contributed by atoms with van der Waals surface area (Å²) in [5.74, 6) is -0.712. The van der Waals surface area contributed by atoms with E-state index in [4.69, 9.17) is 0 Å². The summed E-state index contributed by atoms with van der Waals surface area (Å²) >= 11 is 3.09. The topological polar surface area (TPSA) is 70.5 Å². The number of anilines is 1. The van der Waals surface area contributed by atoms with Crippen molar-refractivity contribution in [2.24, 2.45) is 0 Å². The van der Waals surface area contributed by atoms with Crippen molar-refractivity contribution >= 4 is 33.6 Å². The maximum atomic E-state index is 14.1. The Bertz CT molecular complexity index is 964. The number of rotatable bonds is 1. The van der Waals surface area contributed by atoms with Gasteiger partial charge in [-0.2, -0.15) is 5.10 Å². The molecule has 0 spiro atoms. The lowest BCUT2D eigenvalue weighted by Gasteiger charge is -2.27. The normalized spacial score (nSPS) is 19.1. The van der Waals surface area contributed by atoms with Crippen molar-refractivity contribution in [2.75, 3.05) is 25.5 Å². The van der Waals surface area contributed by atoms with Gasteiger partial charge in [-0.1, -0.05) is 0 Å². The molecule has 1 atom stereocenters. The van der Waals surface area contributed by atoms with Gasteiger partial charge < -0.3 is 15.1 Å². The van der Waals surface area contributed by atoms with Crippen molar-refractivity contribution in [3.05, 3.63) is 45.4 Å². The number of hydrogen-bond donors (Lipinski definition) is 1. The van der Waals surface area contributed by atoms with Gasteiger partial charge in [0.05, 0.1) is 29.8 Å². The van der Waals surface area contributed by atoms with Gasteiger partial charge in [0.25, 0.3) is 5.91 Å². The predicted octanol–water partition coefficient (Wildman–Crippen LogP) is 2.80. The van der Waals surface area contributed by atoms with Crippen molar-refractivity contribution in [1.29, 1.82) is 0 Å². The lowest BCUT2D eigenvalue weighted by Crippen LogP contribution is -2.39. The van der Waals surface area contributed by atoms with Crippen LogP contribution in [0.25, 0.3) is 0 Å². The molecule has 0 saturated heterocycles. The van der Waals surface area contributed by atoms with Gasteiger partial charge in [-0.25, -0.2) is 13.6 Å². The van der Waals surface area contributed by atoms with E-state index in [-0.39, 0.29) is 36.0 Å². The van der Waals surface area contributed by atoms with E-state index in [1.165, 1.54) is 27.8 Å². The second kappa shape index (κ2) is 7.16. The standard InChI is InChI=1S/C18H18BrF2N5O2/c1-24-7-10(20)8-26-16(17(24)27)12-9-25(5-4-15(12)23-26)18(28)22-11-2-3-14(21)13(19)6-11/h2-3,6,10H,4-5,7-9H2,1H3,(H,22,28). The Kier molecular flexibility index (Phi) is 4.82. The molecule has 0 saturated carbocycles. The summed E-state index contributed by atoms with van der Waals surface area (Å²) < 4.78 is 29.1. The van der Waals surface area contributed by atoms with Crippen LogP contribution in [0.4, 0.5) is 19.3 Å². The average Bonchev–Trinajstić information content (AvgIpc) is 2.95. The van der Waals surface area contributed by atoms with E-state index in [0.717, 1.165) is 5.69 Å². The molecule has 7 nitrogen and oxygen atoms in total. The third kappa shape index (κ3) is 3.36. The molecule has 1 aromatic carbocycles. The minimum atomic E-state index is -1.19. The predicted molar refractivity (Wildman–Crippen MR) is 101 cm³/mol. The minimum Gasteiger partial charge on any atom is -0.337 e. The molecule has 3 amide bonds. The number of carbonyl (C=O) groups is 2. The monoisotopic (exact) mass is 453 g/mol. The van der Waals surface area contributed by atoms with Gasteiger partial charge in [-0.3, -0.25) is 9.48 Å². The number of nitrogens with one attached hydrogen (secondary N) is 1. The van der Waals surface area contributed by atoms with Crippen LogP contribution >= 0.6 is 15.9 Å². The second-order valence-corrected chi connectivity index (χ2v) is 7.82. The van der Waals surface area contributed by atoms with Crippen LogP contribution in [0.15, 0.2) is 22.7 Å². The third-order valence-electron chi connectivity index (χ3n) is 4.95. The molecule has 2 aliphatic heterocycles. The van der Waals surface area contributed by atoms with Crippen LogP contribution in [0.2, 0.25) is 0 Å². The van der Waals surface area contributed by atoms with Gasteiger partial charge in [0.15, 0.2) is 0 Å². The molecule has 2 aromatic rings. The van der Waals surface area contributed by atoms with Crippen molar-refractivity contribution in [1.82, 2.24) is 19.6 Å².